The first-order valence-corrected chi connectivity index (χ1v) is 8.58. The van der Waals surface area contributed by atoms with Crippen LogP contribution in [0.3, 0.4) is 0 Å². The average molecular weight is 330 g/mol. The van der Waals surface area contributed by atoms with Crippen molar-refractivity contribution in [2.45, 2.75) is 19.3 Å². The van der Waals surface area contributed by atoms with Gasteiger partial charge in [0, 0.05) is 24.7 Å². The first-order valence-electron chi connectivity index (χ1n) is 8.58. The Morgan fingerprint density at radius 3 is 2.48 bits per heavy atom. The molecule has 2 heterocycles. The summed E-state index contributed by atoms with van der Waals surface area (Å²) in [6, 6.07) is 17.9. The minimum absolute atomic E-state index is 0.103. The van der Waals surface area contributed by atoms with E-state index in [1.54, 1.807) is 0 Å². The molecule has 0 aliphatic carbocycles. The van der Waals surface area contributed by atoms with Crippen LogP contribution in [0.15, 0.2) is 57.7 Å². The molecule has 1 aromatic heterocycles. The molecule has 2 aromatic carbocycles. The number of piperidine rings is 1. The van der Waals surface area contributed by atoms with Gasteiger partial charge in [0.25, 0.3) is 0 Å². The van der Waals surface area contributed by atoms with Gasteiger partial charge in [-0.25, -0.2) is 4.79 Å². The lowest BCUT2D eigenvalue weighted by molar-refractivity contribution is 0.519. The fourth-order valence-corrected chi connectivity index (χ4v) is 3.45. The number of rotatable bonds is 2. The molecule has 3 aromatic rings. The number of hydrogen-bond acceptors (Lipinski definition) is 4. The van der Waals surface area contributed by atoms with Crippen molar-refractivity contribution in [3.05, 3.63) is 64.5 Å². The molecular weight excluding hydrogens is 312 g/mol. The van der Waals surface area contributed by atoms with Crippen LogP contribution >= 0.6 is 0 Å². The van der Waals surface area contributed by atoms with E-state index >= 15 is 0 Å². The largest absolute Gasteiger partial charge is 0.422 e. The van der Waals surface area contributed by atoms with Crippen molar-refractivity contribution >= 4 is 16.5 Å². The molecular formula is C21H18N2O2. The van der Waals surface area contributed by atoms with Crippen molar-refractivity contribution in [1.29, 1.82) is 5.26 Å². The second-order valence-electron chi connectivity index (χ2n) is 6.38. The van der Waals surface area contributed by atoms with Crippen LogP contribution in [0, 0.1) is 11.3 Å². The van der Waals surface area contributed by atoms with Crippen LogP contribution in [0.1, 0.15) is 24.8 Å². The molecule has 0 radical (unpaired) electrons. The number of fused-ring (bicyclic) bond motifs is 1. The van der Waals surface area contributed by atoms with Gasteiger partial charge in [0.2, 0.25) is 0 Å². The van der Waals surface area contributed by atoms with Crippen molar-refractivity contribution in [2.75, 3.05) is 18.0 Å². The third-order valence-electron chi connectivity index (χ3n) is 4.77. The molecule has 0 N–H and O–H groups in total. The van der Waals surface area contributed by atoms with E-state index in [0.29, 0.717) is 11.4 Å². The Morgan fingerprint density at radius 2 is 1.72 bits per heavy atom. The van der Waals surface area contributed by atoms with Crippen molar-refractivity contribution in [1.82, 2.24) is 0 Å². The number of benzene rings is 2. The van der Waals surface area contributed by atoms with E-state index in [1.807, 2.05) is 54.6 Å². The van der Waals surface area contributed by atoms with E-state index in [9.17, 15) is 10.1 Å². The second-order valence-corrected chi connectivity index (χ2v) is 6.38. The zero-order valence-corrected chi connectivity index (χ0v) is 13.9. The number of nitrogens with zero attached hydrogens (tertiary/aromatic N) is 2. The third kappa shape index (κ3) is 2.89. The van der Waals surface area contributed by atoms with E-state index < -0.39 is 5.63 Å². The molecule has 0 amide bonds. The molecule has 4 nitrogen and oxygen atoms in total. The second kappa shape index (κ2) is 6.45. The minimum Gasteiger partial charge on any atom is -0.422 e. The lowest BCUT2D eigenvalue weighted by Gasteiger charge is -2.29. The van der Waals surface area contributed by atoms with E-state index in [0.717, 1.165) is 42.3 Å². The Bertz CT molecular complexity index is 1020. The van der Waals surface area contributed by atoms with Gasteiger partial charge < -0.3 is 9.32 Å². The normalized spacial score (nSPS) is 14.4. The molecule has 4 heteroatoms. The third-order valence-corrected chi connectivity index (χ3v) is 4.77. The SMILES string of the molecule is N#Cc1c(N2CCCCC2)cc(-c2ccc3ccccc3c2)oc1=O. The molecule has 1 fully saturated rings. The molecule has 0 bridgehead atoms. The molecule has 1 aliphatic heterocycles. The summed E-state index contributed by atoms with van der Waals surface area (Å²) in [5, 5.41) is 11.6. The standard InChI is InChI=1S/C21H18N2O2/c22-14-18-19(23-10-4-1-5-11-23)13-20(25-21(18)24)17-9-8-15-6-2-3-7-16(15)12-17/h2-3,6-9,12-13H,1,4-5,10-11H2. The Labute approximate surface area is 145 Å². The monoisotopic (exact) mass is 330 g/mol. The lowest BCUT2D eigenvalue weighted by Crippen LogP contribution is -2.31. The molecule has 4 rings (SSSR count). The van der Waals surface area contributed by atoms with Gasteiger partial charge in [0.05, 0.1) is 5.69 Å². The highest BCUT2D eigenvalue weighted by atomic mass is 16.4. The van der Waals surface area contributed by atoms with Crippen LogP contribution < -0.4 is 10.5 Å². The summed E-state index contributed by atoms with van der Waals surface area (Å²) in [7, 11) is 0. The molecule has 0 spiro atoms. The van der Waals surface area contributed by atoms with Crippen LogP contribution in [0.5, 0.6) is 0 Å². The van der Waals surface area contributed by atoms with E-state index in [4.69, 9.17) is 4.42 Å². The van der Waals surface area contributed by atoms with Crippen molar-refractivity contribution in [2.24, 2.45) is 0 Å². The maximum absolute atomic E-state index is 12.4. The summed E-state index contributed by atoms with van der Waals surface area (Å²) in [5.74, 6) is 0.510. The summed E-state index contributed by atoms with van der Waals surface area (Å²) < 4.78 is 5.46. The Morgan fingerprint density at radius 1 is 0.960 bits per heavy atom. The molecule has 124 valence electrons. The molecule has 0 saturated carbocycles. The highest BCUT2D eigenvalue weighted by Gasteiger charge is 2.20. The van der Waals surface area contributed by atoms with Crippen LogP contribution in [0.25, 0.3) is 22.1 Å². The highest BCUT2D eigenvalue weighted by molar-refractivity contribution is 5.86. The number of anilines is 1. The quantitative estimate of drug-likeness (QED) is 0.702. The van der Waals surface area contributed by atoms with Gasteiger partial charge in [-0.2, -0.15) is 5.26 Å². The van der Waals surface area contributed by atoms with Gasteiger partial charge in [-0.15, -0.1) is 0 Å². The minimum atomic E-state index is -0.561. The predicted octanol–water partition coefficient (Wildman–Crippen LogP) is 4.32. The zero-order valence-electron chi connectivity index (χ0n) is 13.9. The van der Waals surface area contributed by atoms with Crippen LogP contribution in [0.2, 0.25) is 0 Å². The summed E-state index contributed by atoms with van der Waals surface area (Å²) in [4.78, 5) is 14.5. The smallest absolute Gasteiger partial charge is 0.356 e. The van der Waals surface area contributed by atoms with Gasteiger partial charge in [0.1, 0.15) is 11.8 Å². The Hall–Kier alpha value is -3.06. The maximum atomic E-state index is 12.4. The van der Waals surface area contributed by atoms with Crippen molar-refractivity contribution in [3.8, 4) is 17.4 Å². The first kappa shape index (κ1) is 15.5. The zero-order chi connectivity index (χ0) is 17.2. The Kier molecular flexibility index (Phi) is 3.99. The van der Waals surface area contributed by atoms with Gasteiger partial charge in [-0.05, 0) is 36.1 Å². The molecule has 0 unspecified atom stereocenters. The Balaban J connectivity index is 1.85. The maximum Gasteiger partial charge on any atom is 0.356 e. The fourth-order valence-electron chi connectivity index (χ4n) is 3.45. The van der Waals surface area contributed by atoms with Crippen LogP contribution in [-0.2, 0) is 0 Å². The van der Waals surface area contributed by atoms with Crippen LogP contribution in [-0.4, -0.2) is 13.1 Å². The fraction of sp³-hybridized carbons (Fsp3) is 0.238. The van der Waals surface area contributed by atoms with Gasteiger partial charge in [-0.3, -0.25) is 0 Å². The summed E-state index contributed by atoms with van der Waals surface area (Å²) in [6.45, 7) is 1.74. The highest BCUT2D eigenvalue weighted by Crippen LogP contribution is 2.29. The molecule has 25 heavy (non-hydrogen) atoms. The topological polar surface area (TPSA) is 57.2 Å². The lowest BCUT2D eigenvalue weighted by atomic mass is 10.0. The van der Waals surface area contributed by atoms with Gasteiger partial charge >= 0.3 is 5.63 Å². The number of hydrogen-bond donors (Lipinski definition) is 0. The van der Waals surface area contributed by atoms with Gasteiger partial charge in [-0.1, -0.05) is 36.4 Å². The van der Waals surface area contributed by atoms with Crippen molar-refractivity contribution in [3.63, 3.8) is 0 Å². The van der Waals surface area contributed by atoms with Crippen LogP contribution in [0.4, 0.5) is 5.69 Å². The molecule has 1 saturated heterocycles. The van der Waals surface area contributed by atoms with Gasteiger partial charge in [0.15, 0.2) is 5.56 Å². The van der Waals surface area contributed by atoms with E-state index in [1.165, 1.54) is 6.42 Å². The summed E-state index contributed by atoms with van der Waals surface area (Å²) in [6.07, 6.45) is 3.35. The summed E-state index contributed by atoms with van der Waals surface area (Å²) in [5.41, 5.74) is 1.08. The van der Waals surface area contributed by atoms with E-state index in [2.05, 4.69) is 4.90 Å². The molecule has 1 aliphatic rings. The number of nitriles is 1. The predicted molar refractivity (Wildman–Crippen MR) is 98.7 cm³/mol. The van der Waals surface area contributed by atoms with E-state index in [-0.39, 0.29) is 5.56 Å². The molecule has 0 atom stereocenters. The summed E-state index contributed by atoms with van der Waals surface area (Å²) >= 11 is 0. The first-order chi connectivity index (χ1) is 12.3. The average Bonchev–Trinajstić information content (AvgIpc) is 2.67. The van der Waals surface area contributed by atoms with Crippen molar-refractivity contribution < 1.29 is 4.42 Å².